The Bertz CT molecular complexity index is 961. The van der Waals surface area contributed by atoms with Crippen molar-refractivity contribution in [1.29, 1.82) is 0 Å². The molecular weight excluding hydrogens is 394 g/mol. The van der Waals surface area contributed by atoms with Crippen molar-refractivity contribution in [2.75, 3.05) is 7.11 Å². The van der Waals surface area contributed by atoms with Gasteiger partial charge >= 0.3 is 5.97 Å². The van der Waals surface area contributed by atoms with Gasteiger partial charge in [0.2, 0.25) is 5.91 Å². The van der Waals surface area contributed by atoms with Crippen LogP contribution in [0.3, 0.4) is 0 Å². The fourth-order valence-electron chi connectivity index (χ4n) is 2.53. The van der Waals surface area contributed by atoms with Crippen molar-refractivity contribution in [3.63, 3.8) is 0 Å². The highest BCUT2D eigenvalue weighted by Gasteiger charge is 2.32. The summed E-state index contributed by atoms with van der Waals surface area (Å²) in [4.78, 5) is 22.5. The molecule has 1 amide bonds. The Labute approximate surface area is 171 Å². The van der Waals surface area contributed by atoms with Crippen LogP contribution < -0.4 is 14.8 Å². The highest BCUT2D eigenvalue weighted by Crippen LogP contribution is 2.23. The van der Waals surface area contributed by atoms with Crippen molar-refractivity contribution in [2.45, 2.75) is 18.3 Å². The number of amides is 1. The Kier molecular flexibility index (Phi) is 6.85. The average molecular weight is 413 g/mol. The minimum atomic E-state index is -1.04. The van der Waals surface area contributed by atoms with Gasteiger partial charge in [0.25, 0.3) is 0 Å². The van der Waals surface area contributed by atoms with E-state index in [0.717, 1.165) is 28.6 Å². The summed E-state index contributed by atoms with van der Waals surface area (Å²) in [6.45, 7) is 0.360. The molecule has 9 heteroatoms. The van der Waals surface area contributed by atoms with E-state index >= 15 is 0 Å². The van der Waals surface area contributed by atoms with E-state index in [-0.39, 0.29) is 17.5 Å². The Balaban J connectivity index is 1.64. The first-order valence-electron chi connectivity index (χ1n) is 8.70. The van der Waals surface area contributed by atoms with Gasteiger partial charge in [-0.3, -0.25) is 9.59 Å². The molecule has 1 aliphatic heterocycles. The van der Waals surface area contributed by atoms with Crippen molar-refractivity contribution in [3.8, 4) is 11.5 Å². The molecule has 8 nitrogen and oxygen atoms in total. The molecule has 2 aromatic rings. The van der Waals surface area contributed by atoms with Gasteiger partial charge in [-0.25, -0.2) is 0 Å². The van der Waals surface area contributed by atoms with Crippen LogP contribution in [0, 0.1) is 0 Å². The quantitative estimate of drug-likeness (QED) is 0.509. The Morgan fingerprint density at radius 2 is 2.10 bits per heavy atom. The molecule has 1 aliphatic rings. The predicted molar refractivity (Wildman–Crippen MR) is 111 cm³/mol. The molecule has 2 N–H and O–H groups in total. The molecule has 3 rings (SSSR count). The molecule has 0 spiro atoms. The van der Waals surface area contributed by atoms with Crippen LogP contribution in [0.1, 0.15) is 17.5 Å². The van der Waals surface area contributed by atoms with Gasteiger partial charge in [-0.1, -0.05) is 36.0 Å². The summed E-state index contributed by atoms with van der Waals surface area (Å²) >= 11 is 1.05. The van der Waals surface area contributed by atoms with E-state index in [9.17, 15) is 9.59 Å². The highest BCUT2D eigenvalue weighted by atomic mass is 32.2. The maximum absolute atomic E-state index is 11.7. The lowest BCUT2D eigenvalue weighted by atomic mass is 10.2. The van der Waals surface area contributed by atoms with Gasteiger partial charge in [0.1, 0.15) is 23.4 Å². The fraction of sp³-hybridized carbons (Fsp3) is 0.200. The predicted octanol–water partition coefficient (Wildman–Crippen LogP) is 2.67. The number of ether oxygens (including phenoxy) is 2. The zero-order chi connectivity index (χ0) is 20.6. The maximum Gasteiger partial charge on any atom is 0.305 e. The van der Waals surface area contributed by atoms with Crippen molar-refractivity contribution in [2.24, 2.45) is 10.2 Å². The Hall–Kier alpha value is -3.33. The zero-order valence-corrected chi connectivity index (χ0v) is 16.4. The molecule has 1 atom stereocenters. The number of carboxylic acid groups (broad SMARTS) is 1. The average Bonchev–Trinajstić information content (AvgIpc) is 3.06. The number of methoxy groups -OCH3 is 1. The van der Waals surface area contributed by atoms with Gasteiger partial charge in [0.05, 0.1) is 19.7 Å². The van der Waals surface area contributed by atoms with Crippen molar-refractivity contribution < 1.29 is 24.2 Å². The maximum atomic E-state index is 11.7. The normalized spacial score (nSPS) is 17.5. The first kappa shape index (κ1) is 20.4. The van der Waals surface area contributed by atoms with E-state index in [1.165, 1.54) is 6.21 Å². The van der Waals surface area contributed by atoms with Crippen LogP contribution in [0.4, 0.5) is 0 Å². The monoisotopic (exact) mass is 413 g/mol. The molecule has 29 heavy (non-hydrogen) atoms. The highest BCUT2D eigenvalue weighted by molar-refractivity contribution is 8.15. The van der Waals surface area contributed by atoms with Crippen LogP contribution in [-0.4, -0.2) is 40.7 Å². The van der Waals surface area contributed by atoms with Crippen molar-refractivity contribution in [1.82, 2.24) is 5.32 Å². The number of thioether (sulfide) groups is 1. The van der Waals surface area contributed by atoms with Gasteiger partial charge in [-0.2, -0.15) is 5.10 Å². The second-order valence-electron chi connectivity index (χ2n) is 6.02. The SMILES string of the molecule is COc1cccc(COc2ccccc2C=NN=C2NC(=O)C(CC(=O)O)S2)c1. The summed E-state index contributed by atoms with van der Waals surface area (Å²) in [6, 6.07) is 15.0. The summed E-state index contributed by atoms with van der Waals surface area (Å²) in [5, 5.41) is 18.9. The molecule has 1 saturated heterocycles. The zero-order valence-electron chi connectivity index (χ0n) is 15.6. The van der Waals surface area contributed by atoms with Crippen LogP contribution >= 0.6 is 11.8 Å². The smallest absolute Gasteiger partial charge is 0.305 e. The number of nitrogens with zero attached hydrogens (tertiary/aromatic N) is 2. The van der Waals surface area contributed by atoms with Crippen molar-refractivity contribution >= 4 is 35.0 Å². The molecule has 1 heterocycles. The number of nitrogens with one attached hydrogen (secondary N) is 1. The number of carbonyl (C=O) groups excluding carboxylic acids is 1. The van der Waals surface area contributed by atoms with Crippen LogP contribution in [-0.2, 0) is 16.2 Å². The topological polar surface area (TPSA) is 110 Å². The van der Waals surface area contributed by atoms with E-state index in [0.29, 0.717) is 12.4 Å². The van der Waals surface area contributed by atoms with E-state index < -0.39 is 11.2 Å². The third-order valence-electron chi connectivity index (χ3n) is 3.93. The molecule has 1 unspecified atom stereocenters. The number of carboxylic acids is 1. The third kappa shape index (κ3) is 5.82. The number of para-hydroxylation sites is 1. The van der Waals surface area contributed by atoms with E-state index in [4.69, 9.17) is 14.6 Å². The van der Waals surface area contributed by atoms with Crippen LogP contribution in [0.15, 0.2) is 58.7 Å². The lowest BCUT2D eigenvalue weighted by molar-refractivity contribution is -0.138. The standard InChI is InChI=1S/C20H19N3O5S/c1-27-15-7-4-5-13(9-15)12-28-16-8-3-2-6-14(16)11-21-23-20-22-19(26)17(29-20)10-18(24)25/h2-9,11,17H,10,12H2,1H3,(H,24,25)(H,22,23,26). The number of benzene rings is 2. The Morgan fingerprint density at radius 1 is 1.28 bits per heavy atom. The van der Waals surface area contributed by atoms with E-state index in [1.807, 2.05) is 48.5 Å². The van der Waals surface area contributed by atoms with Crippen molar-refractivity contribution in [3.05, 3.63) is 59.7 Å². The van der Waals surface area contributed by atoms with Gasteiger partial charge in [0.15, 0.2) is 5.17 Å². The third-order valence-corrected chi connectivity index (χ3v) is 5.00. The lowest BCUT2D eigenvalue weighted by Gasteiger charge is -2.09. The molecule has 0 radical (unpaired) electrons. The number of rotatable bonds is 8. The number of aliphatic carboxylic acids is 1. The number of amidine groups is 1. The van der Waals surface area contributed by atoms with Gasteiger partial charge in [-0.05, 0) is 29.8 Å². The minimum Gasteiger partial charge on any atom is -0.497 e. The molecule has 150 valence electrons. The number of hydrogen-bond donors (Lipinski definition) is 2. The molecule has 0 bridgehead atoms. The molecule has 0 aromatic heterocycles. The second kappa shape index (κ2) is 9.74. The number of carbonyl (C=O) groups is 2. The Morgan fingerprint density at radius 3 is 2.90 bits per heavy atom. The molecular formula is C20H19N3O5S. The van der Waals surface area contributed by atoms with Crippen LogP contribution in [0.25, 0.3) is 0 Å². The summed E-state index contributed by atoms with van der Waals surface area (Å²) in [5.74, 6) is -0.0295. The molecule has 2 aromatic carbocycles. The summed E-state index contributed by atoms with van der Waals surface area (Å²) in [5.41, 5.74) is 1.68. The summed E-state index contributed by atoms with van der Waals surface area (Å²) in [7, 11) is 1.61. The van der Waals surface area contributed by atoms with Gasteiger partial charge < -0.3 is 19.9 Å². The summed E-state index contributed by atoms with van der Waals surface area (Å²) < 4.78 is 11.1. The molecule has 0 aliphatic carbocycles. The first-order valence-corrected chi connectivity index (χ1v) is 9.58. The fourth-order valence-corrected chi connectivity index (χ4v) is 3.45. The summed E-state index contributed by atoms with van der Waals surface area (Å²) in [6.07, 6.45) is 1.26. The van der Waals surface area contributed by atoms with Gasteiger partial charge in [0, 0.05) is 5.56 Å². The van der Waals surface area contributed by atoms with Gasteiger partial charge in [-0.15, -0.1) is 5.10 Å². The van der Waals surface area contributed by atoms with E-state index in [2.05, 4.69) is 15.5 Å². The second-order valence-corrected chi connectivity index (χ2v) is 7.21. The first-order chi connectivity index (χ1) is 14.0. The molecule has 0 saturated carbocycles. The number of hydrogen-bond acceptors (Lipinski definition) is 7. The van der Waals surface area contributed by atoms with E-state index in [1.54, 1.807) is 7.11 Å². The largest absolute Gasteiger partial charge is 0.497 e. The minimum absolute atomic E-state index is 0.264. The molecule has 1 fully saturated rings. The van der Waals surface area contributed by atoms with Crippen LogP contribution in [0.5, 0.6) is 11.5 Å². The lowest BCUT2D eigenvalue weighted by Crippen LogP contribution is -2.26. The van der Waals surface area contributed by atoms with Crippen LogP contribution in [0.2, 0.25) is 0 Å².